The van der Waals surface area contributed by atoms with Crippen molar-refractivity contribution in [2.24, 2.45) is 0 Å². The number of aromatic amines is 1. The summed E-state index contributed by atoms with van der Waals surface area (Å²) in [4.78, 5) is 12.6. The zero-order chi connectivity index (χ0) is 16.6. The van der Waals surface area contributed by atoms with Crippen molar-refractivity contribution in [3.8, 4) is 0 Å². The second-order valence-electron chi connectivity index (χ2n) is 6.80. The number of rotatable bonds is 4. The van der Waals surface area contributed by atoms with Crippen molar-refractivity contribution in [3.05, 3.63) is 29.1 Å². The fourth-order valence-corrected chi connectivity index (χ4v) is 3.07. The molecule has 0 radical (unpaired) electrons. The summed E-state index contributed by atoms with van der Waals surface area (Å²) in [5, 5.41) is 18.6. The van der Waals surface area contributed by atoms with Crippen LogP contribution in [0, 0.1) is 0 Å². The molecule has 1 atom stereocenters. The van der Waals surface area contributed by atoms with Crippen LogP contribution in [0.4, 0.5) is 0 Å². The molecule has 2 aromatic rings. The lowest BCUT2D eigenvalue weighted by atomic mass is 10.0. The zero-order valence-corrected chi connectivity index (χ0v) is 14.1. The van der Waals surface area contributed by atoms with Crippen LogP contribution in [-0.4, -0.2) is 36.9 Å². The Balaban J connectivity index is 1.73. The van der Waals surface area contributed by atoms with E-state index in [2.05, 4.69) is 44.1 Å². The molecular formula is C16H24N6O. The summed E-state index contributed by atoms with van der Waals surface area (Å²) in [6.45, 7) is 9.04. The number of aryl methyl sites for hydroxylation is 1. The first-order valence-corrected chi connectivity index (χ1v) is 8.23. The number of nitrogens with zero attached hydrogens (tertiary/aromatic N) is 4. The standard InChI is InChI=1S/C16H24N6O/c1-9(2)14-12(7-17-20-14)16(23)18-11-5-6-13-19-21-15(10(3)4)22(13)8-11/h7,9-11H,5-6,8H2,1-4H3,(H,17,20)(H,18,23). The van der Waals surface area contributed by atoms with Crippen molar-refractivity contribution in [3.63, 3.8) is 0 Å². The summed E-state index contributed by atoms with van der Waals surface area (Å²) in [6.07, 6.45) is 3.33. The van der Waals surface area contributed by atoms with Crippen LogP contribution in [0.1, 0.15) is 73.7 Å². The number of carbonyl (C=O) groups is 1. The smallest absolute Gasteiger partial charge is 0.255 e. The minimum absolute atomic E-state index is 0.0601. The maximum atomic E-state index is 12.6. The highest BCUT2D eigenvalue weighted by Gasteiger charge is 2.26. The third kappa shape index (κ3) is 3.00. The number of fused-ring (bicyclic) bond motifs is 1. The van der Waals surface area contributed by atoms with E-state index in [1.165, 1.54) is 0 Å². The van der Waals surface area contributed by atoms with Crippen LogP contribution in [0.25, 0.3) is 0 Å². The molecule has 0 bridgehead atoms. The molecule has 0 aromatic carbocycles. The molecule has 1 amide bonds. The second kappa shape index (κ2) is 6.14. The normalized spacial score (nSPS) is 17.6. The number of aromatic nitrogens is 5. The SMILES string of the molecule is CC(C)c1[nH]ncc1C(=O)NC1CCc2nnc(C(C)C)n2C1. The van der Waals surface area contributed by atoms with Gasteiger partial charge in [-0.25, -0.2) is 0 Å². The third-order valence-corrected chi connectivity index (χ3v) is 4.32. The van der Waals surface area contributed by atoms with Gasteiger partial charge in [-0.3, -0.25) is 9.89 Å². The summed E-state index contributed by atoms with van der Waals surface area (Å²) >= 11 is 0. The van der Waals surface area contributed by atoms with E-state index in [0.29, 0.717) is 11.5 Å². The van der Waals surface area contributed by atoms with Crippen molar-refractivity contribution >= 4 is 5.91 Å². The average Bonchev–Trinajstić information content (AvgIpc) is 3.13. The molecule has 7 nitrogen and oxygen atoms in total. The largest absolute Gasteiger partial charge is 0.347 e. The maximum absolute atomic E-state index is 12.6. The van der Waals surface area contributed by atoms with E-state index >= 15 is 0 Å². The molecule has 1 unspecified atom stereocenters. The van der Waals surface area contributed by atoms with Crippen molar-refractivity contribution in [1.82, 2.24) is 30.3 Å². The van der Waals surface area contributed by atoms with Crippen molar-refractivity contribution in [1.29, 1.82) is 0 Å². The quantitative estimate of drug-likeness (QED) is 0.903. The first kappa shape index (κ1) is 15.7. The Hall–Kier alpha value is -2.18. The van der Waals surface area contributed by atoms with Gasteiger partial charge in [0.1, 0.15) is 11.6 Å². The van der Waals surface area contributed by atoms with Gasteiger partial charge in [-0.2, -0.15) is 5.10 Å². The fraction of sp³-hybridized carbons (Fsp3) is 0.625. The number of hydrogen-bond donors (Lipinski definition) is 2. The minimum Gasteiger partial charge on any atom is -0.347 e. The molecular weight excluding hydrogens is 292 g/mol. The number of carbonyl (C=O) groups excluding carboxylic acids is 1. The van der Waals surface area contributed by atoms with Crippen LogP contribution in [0.3, 0.4) is 0 Å². The molecule has 3 heterocycles. The van der Waals surface area contributed by atoms with E-state index in [1.54, 1.807) is 6.20 Å². The molecule has 3 rings (SSSR count). The molecule has 1 aliphatic heterocycles. The lowest BCUT2D eigenvalue weighted by molar-refractivity contribution is 0.0926. The summed E-state index contributed by atoms with van der Waals surface area (Å²) in [5.74, 6) is 2.51. The molecule has 2 aromatic heterocycles. The van der Waals surface area contributed by atoms with E-state index in [0.717, 1.165) is 36.7 Å². The van der Waals surface area contributed by atoms with Crippen molar-refractivity contribution in [2.75, 3.05) is 0 Å². The molecule has 0 spiro atoms. The zero-order valence-electron chi connectivity index (χ0n) is 14.1. The Morgan fingerprint density at radius 2 is 2.09 bits per heavy atom. The molecule has 0 saturated heterocycles. The Labute approximate surface area is 135 Å². The second-order valence-corrected chi connectivity index (χ2v) is 6.80. The van der Waals surface area contributed by atoms with Gasteiger partial charge in [0.15, 0.2) is 0 Å². The maximum Gasteiger partial charge on any atom is 0.255 e. The monoisotopic (exact) mass is 316 g/mol. The average molecular weight is 316 g/mol. The van der Waals surface area contributed by atoms with Crippen LogP contribution in [0.5, 0.6) is 0 Å². The number of H-pyrrole nitrogens is 1. The molecule has 124 valence electrons. The highest BCUT2D eigenvalue weighted by Crippen LogP contribution is 2.21. The summed E-state index contributed by atoms with van der Waals surface area (Å²) < 4.78 is 2.15. The molecule has 7 heteroatoms. The van der Waals surface area contributed by atoms with Gasteiger partial charge in [0.25, 0.3) is 5.91 Å². The Bertz CT molecular complexity index is 699. The van der Waals surface area contributed by atoms with Gasteiger partial charge < -0.3 is 9.88 Å². The van der Waals surface area contributed by atoms with Gasteiger partial charge in [0.05, 0.1) is 17.5 Å². The summed E-state index contributed by atoms with van der Waals surface area (Å²) in [5.41, 5.74) is 1.52. The van der Waals surface area contributed by atoms with Crippen LogP contribution >= 0.6 is 0 Å². The lowest BCUT2D eigenvalue weighted by Crippen LogP contribution is -2.41. The highest BCUT2D eigenvalue weighted by molar-refractivity contribution is 5.95. The molecule has 1 aliphatic rings. The molecule has 2 N–H and O–H groups in total. The lowest BCUT2D eigenvalue weighted by Gasteiger charge is -2.26. The number of amides is 1. The highest BCUT2D eigenvalue weighted by atomic mass is 16.1. The molecule has 0 aliphatic carbocycles. The predicted molar refractivity (Wildman–Crippen MR) is 86.4 cm³/mol. The van der Waals surface area contributed by atoms with Gasteiger partial charge in [-0.05, 0) is 12.3 Å². The van der Waals surface area contributed by atoms with E-state index in [9.17, 15) is 4.79 Å². The van der Waals surface area contributed by atoms with Gasteiger partial charge in [0, 0.05) is 24.9 Å². The van der Waals surface area contributed by atoms with E-state index in [-0.39, 0.29) is 17.9 Å². The van der Waals surface area contributed by atoms with Gasteiger partial charge in [-0.1, -0.05) is 27.7 Å². The Kier molecular flexibility index (Phi) is 4.19. The minimum atomic E-state index is -0.0601. The van der Waals surface area contributed by atoms with Crippen molar-refractivity contribution < 1.29 is 4.79 Å². The number of hydrogen-bond acceptors (Lipinski definition) is 4. The fourth-order valence-electron chi connectivity index (χ4n) is 3.07. The molecule has 0 saturated carbocycles. The Morgan fingerprint density at radius 3 is 2.78 bits per heavy atom. The summed E-state index contributed by atoms with van der Waals surface area (Å²) in [7, 11) is 0. The van der Waals surface area contributed by atoms with Crippen molar-refractivity contribution in [2.45, 2.75) is 65.0 Å². The van der Waals surface area contributed by atoms with E-state index in [1.807, 2.05) is 13.8 Å². The first-order chi connectivity index (χ1) is 11.0. The van der Waals surface area contributed by atoms with Crippen LogP contribution in [-0.2, 0) is 13.0 Å². The molecule has 23 heavy (non-hydrogen) atoms. The molecule has 0 fully saturated rings. The van der Waals surface area contributed by atoms with Gasteiger partial charge >= 0.3 is 0 Å². The number of nitrogens with one attached hydrogen (secondary N) is 2. The van der Waals surface area contributed by atoms with Crippen LogP contribution < -0.4 is 5.32 Å². The first-order valence-electron chi connectivity index (χ1n) is 8.23. The summed E-state index contributed by atoms with van der Waals surface area (Å²) in [6, 6.07) is 0.0958. The Morgan fingerprint density at radius 1 is 1.30 bits per heavy atom. The van der Waals surface area contributed by atoms with Crippen LogP contribution in [0.2, 0.25) is 0 Å². The predicted octanol–water partition coefficient (Wildman–Crippen LogP) is 1.99. The van der Waals surface area contributed by atoms with Gasteiger partial charge in [0.2, 0.25) is 0 Å². The van der Waals surface area contributed by atoms with Gasteiger partial charge in [-0.15, -0.1) is 10.2 Å². The third-order valence-electron chi connectivity index (χ3n) is 4.32. The van der Waals surface area contributed by atoms with E-state index < -0.39 is 0 Å². The van der Waals surface area contributed by atoms with Crippen LogP contribution in [0.15, 0.2) is 6.20 Å². The van der Waals surface area contributed by atoms with E-state index in [4.69, 9.17) is 0 Å². The topological polar surface area (TPSA) is 88.5 Å².